The lowest BCUT2D eigenvalue weighted by Crippen LogP contribution is -2.45. The number of amides is 1. The molecule has 3 aromatic carbocycles. The molecule has 1 aliphatic rings. The molecule has 0 N–H and O–H groups in total. The molecule has 0 bridgehead atoms. The summed E-state index contributed by atoms with van der Waals surface area (Å²) in [7, 11) is -3.96. The molecule has 0 saturated heterocycles. The predicted octanol–water partition coefficient (Wildman–Crippen LogP) is 3.44. The molecule has 0 fully saturated rings. The van der Waals surface area contributed by atoms with Crippen LogP contribution in [0.15, 0.2) is 83.8 Å². The molecule has 1 aliphatic heterocycles. The maximum atomic E-state index is 13.3. The Bertz CT molecular complexity index is 1170. The molecule has 0 saturated carbocycles. The SMILES string of the molecule is O=C(CN(Cc1ccc(F)cc1)S(=O)(=O)c1ccccc1)N1CCOc2ccccc21. The minimum Gasteiger partial charge on any atom is -0.490 e. The summed E-state index contributed by atoms with van der Waals surface area (Å²) < 4.78 is 46.7. The first kappa shape index (κ1) is 21.0. The van der Waals surface area contributed by atoms with Gasteiger partial charge in [-0.05, 0) is 42.0 Å². The molecule has 160 valence electrons. The van der Waals surface area contributed by atoms with Crippen LogP contribution in [0.3, 0.4) is 0 Å². The Morgan fingerprint density at radius 1 is 0.968 bits per heavy atom. The number of benzene rings is 3. The van der Waals surface area contributed by atoms with Crippen molar-refractivity contribution < 1.29 is 22.3 Å². The van der Waals surface area contributed by atoms with E-state index >= 15 is 0 Å². The van der Waals surface area contributed by atoms with Crippen molar-refractivity contribution in [3.63, 3.8) is 0 Å². The van der Waals surface area contributed by atoms with Crippen molar-refractivity contribution in [2.24, 2.45) is 0 Å². The van der Waals surface area contributed by atoms with E-state index in [9.17, 15) is 17.6 Å². The molecular weight excluding hydrogens is 419 g/mol. The number of carbonyl (C=O) groups is 1. The van der Waals surface area contributed by atoms with E-state index in [2.05, 4.69) is 0 Å². The van der Waals surface area contributed by atoms with Crippen LogP contribution in [0.1, 0.15) is 5.56 Å². The van der Waals surface area contributed by atoms with E-state index in [0.29, 0.717) is 30.2 Å². The number of nitrogens with zero attached hydrogens (tertiary/aromatic N) is 2. The average molecular weight is 440 g/mol. The predicted molar refractivity (Wildman–Crippen MR) is 115 cm³/mol. The van der Waals surface area contributed by atoms with Crippen LogP contribution in [0.4, 0.5) is 10.1 Å². The molecule has 1 amide bonds. The van der Waals surface area contributed by atoms with Gasteiger partial charge in [0.25, 0.3) is 0 Å². The van der Waals surface area contributed by atoms with Gasteiger partial charge in [-0.2, -0.15) is 4.31 Å². The Balaban J connectivity index is 1.65. The fourth-order valence-corrected chi connectivity index (χ4v) is 4.82. The van der Waals surface area contributed by atoms with Crippen LogP contribution >= 0.6 is 0 Å². The first-order valence-corrected chi connectivity index (χ1v) is 11.2. The number of sulfonamides is 1. The van der Waals surface area contributed by atoms with Crippen molar-refractivity contribution in [2.45, 2.75) is 11.4 Å². The fraction of sp³-hybridized carbons (Fsp3) is 0.174. The van der Waals surface area contributed by atoms with Gasteiger partial charge < -0.3 is 9.64 Å². The monoisotopic (exact) mass is 440 g/mol. The molecule has 0 unspecified atom stereocenters. The number of fused-ring (bicyclic) bond motifs is 1. The van der Waals surface area contributed by atoms with Gasteiger partial charge in [0.2, 0.25) is 15.9 Å². The second kappa shape index (κ2) is 8.87. The molecule has 0 atom stereocenters. The Hall–Kier alpha value is -3.23. The maximum Gasteiger partial charge on any atom is 0.243 e. The molecule has 0 aliphatic carbocycles. The highest BCUT2D eigenvalue weighted by Gasteiger charge is 2.31. The highest BCUT2D eigenvalue weighted by molar-refractivity contribution is 7.89. The number of rotatable bonds is 6. The second-order valence-electron chi connectivity index (χ2n) is 7.07. The van der Waals surface area contributed by atoms with Gasteiger partial charge in [0.15, 0.2) is 0 Å². The Morgan fingerprint density at radius 2 is 1.65 bits per heavy atom. The lowest BCUT2D eigenvalue weighted by molar-refractivity contribution is -0.119. The molecule has 31 heavy (non-hydrogen) atoms. The number of anilines is 1. The maximum absolute atomic E-state index is 13.3. The molecule has 6 nitrogen and oxygen atoms in total. The number of ether oxygens (including phenoxy) is 1. The van der Waals surface area contributed by atoms with Crippen LogP contribution in [-0.2, 0) is 21.4 Å². The lowest BCUT2D eigenvalue weighted by Gasteiger charge is -2.31. The molecule has 1 heterocycles. The average Bonchev–Trinajstić information content (AvgIpc) is 2.80. The van der Waals surface area contributed by atoms with Gasteiger partial charge in [-0.15, -0.1) is 0 Å². The van der Waals surface area contributed by atoms with E-state index in [0.717, 1.165) is 4.31 Å². The van der Waals surface area contributed by atoms with Crippen molar-refractivity contribution in [2.75, 3.05) is 24.6 Å². The topological polar surface area (TPSA) is 66.9 Å². The molecule has 0 aromatic heterocycles. The van der Waals surface area contributed by atoms with E-state index in [1.54, 1.807) is 36.4 Å². The van der Waals surface area contributed by atoms with Crippen LogP contribution in [0.2, 0.25) is 0 Å². The summed E-state index contributed by atoms with van der Waals surface area (Å²) in [6.45, 7) is 0.232. The smallest absolute Gasteiger partial charge is 0.243 e. The molecule has 0 radical (unpaired) electrons. The Kier molecular flexibility index (Phi) is 6.01. The minimum absolute atomic E-state index is 0.0603. The van der Waals surface area contributed by atoms with Crippen molar-refractivity contribution in [1.29, 1.82) is 0 Å². The first-order chi connectivity index (χ1) is 14.9. The zero-order chi connectivity index (χ0) is 21.8. The van der Waals surface area contributed by atoms with Crippen LogP contribution in [0.25, 0.3) is 0 Å². The quantitative estimate of drug-likeness (QED) is 0.589. The molecule has 3 aromatic rings. The third-order valence-electron chi connectivity index (χ3n) is 4.99. The highest BCUT2D eigenvalue weighted by atomic mass is 32.2. The number of halogens is 1. The van der Waals surface area contributed by atoms with Gasteiger partial charge >= 0.3 is 0 Å². The highest BCUT2D eigenvalue weighted by Crippen LogP contribution is 2.31. The number of carbonyl (C=O) groups excluding carboxylic acids is 1. The van der Waals surface area contributed by atoms with Crippen molar-refractivity contribution in [3.05, 3.63) is 90.2 Å². The zero-order valence-electron chi connectivity index (χ0n) is 16.6. The van der Waals surface area contributed by atoms with Gasteiger partial charge in [-0.3, -0.25) is 4.79 Å². The number of hydrogen-bond donors (Lipinski definition) is 0. The summed E-state index contributed by atoms with van der Waals surface area (Å²) in [4.78, 5) is 14.8. The third kappa shape index (κ3) is 4.60. The van der Waals surface area contributed by atoms with Gasteiger partial charge in [0.05, 0.1) is 23.7 Å². The van der Waals surface area contributed by atoms with E-state index < -0.39 is 15.8 Å². The van der Waals surface area contributed by atoms with E-state index in [4.69, 9.17) is 4.74 Å². The van der Waals surface area contributed by atoms with E-state index in [1.165, 1.54) is 41.3 Å². The van der Waals surface area contributed by atoms with Gasteiger partial charge in [-0.25, -0.2) is 12.8 Å². The van der Waals surface area contributed by atoms with Gasteiger partial charge in [0, 0.05) is 6.54 Å². The van der Waals surface area contributed by atoms with Crippen LogP contribution in [0.5, 0.6) is 5.75 Å². The standard InChI is InChI=1S/C23H21FN2O4S/c24-19-12-10-18(11-13-19)16-25(31(28,29)20-6-2-1-3-7-20)17-23(27)26-14-15-30-22-9-5-4-8-21(22)26/h1-13H,14-17H2. The summed E-state index contributed by atoms with van der Waals surface area (Å²) in [5, 5.41) is 0. The van der Waals surface area contributed by atoms with Crippen molar-refractivity contribution in [3.8, 4) is 5.75 Å². The fourth-order valence-electron chi connectivity index (χ4n) is 3.43. The largest absolute Gasteiger partial charge is 0.490 e. The summed E-state index contributed by atoms with van der Waals surface area (Å²) in [5.41, 5.74) is 1.19. The lowest BCUT2D eigenvalue weighted by atomic mass is 10.2. The van der Waals surface area contributed by atoms with Crippen molar-refractivity contribution >= 4 is 21.6 Å². The zero-order valence-corrected chi connectivity index (χ0v) is 17.5. The number of hydrogen-bond acceptors (Lipinski definition) is 4. The number of para-hydroxylation sites is 2. The summed E-state index contributed by atoms with van der Waals surface area (Å²) in [5.74, 6) is -0.197. The normalized spacial score (nSPS) is 13.5. The van der Waals surface area contributed by atoms with E-state index in [-0.39, 0.29) is 23.9 Å². The molecule has 4 rings (SSSR count). The third-order valence-corrected chi connectivity index (χ3v) is 6.80. The van der Waals surface area contributed by atoms with Crippen molar-refractivity contribution in [1.82, 2.24) is 4.31 Å². The Labute approximate surface area is 180 Å². The minimum atomic E-state index is -3.96. The van der Waals surface area contributed by atoms with Gasteiger partial charge in [0.1, 0.15) is 18.2 Å². The van der Waals surface area contributed by atoms with Crippen LogP contribution in [0, 0.1) is 5.82 Å². The summed E-state index contributed by atoms with van der Waals surface area (Å²) >= 11 is 0. The molecular formula is C23H21FN2O4S. The summed E-state index contributed by atoms with van der Waals surface area (Å²) in [6.07, 6.45) is 0. The molecule has 8 heteroatoms. The Morgan fingerprint density at radius 3 is 2.39 bits per heavy atom. The molecule has 0 spiro atoms. The second-order valence-corrected chi connectivity index (χ2v) is 9.01. The van der Waals surface area contributed by atoms with Gasteiger partial charge in [-0.1, -0.05) is 42.5 Å². The first-order valence-electron chi connectivity index (χ1n) is 9.77. The van der Waals surface area contributed by atoms with Crippen LogP contribution < -0.4 is 9.64 Å². The summed E-state index contributed by atoms with van der Waals surface area (Å²) in [6, 6.07) is 20.7. The van der Waals surface area contributed by atoms with Crippen LogP contribution in [-0.4, -0.2) is 38.3 Å². The van der Waals surface area contributed by atoms with E-state index in [1.807, 2.05) is 6.07 Å².